The molecule has 0 saturated heterocycles. The van der Waals surface area contributed by atoms with Crippen LogP contribution in [0.25, 0.3) is 20.8 Å². The fourth-order valence-corrected chi connectivity index (χ4v) is 4.53. The zero-order chi connectivity index (χ0) is 18.1. The summed E-state index contributed by atoms with van der Waals surface area (Å²) in [6.07, 6.45) is 0.651. The lowest BCUT2D eigenvalue weighted by atomic mass is 10.1. The maximum absolute atomic E-state index is 12.4. The van der Waals surface area contributed by atoms with Crippen LogP contribution in [0, 0.1) is 0 Å². The Balaban J connectivity index is 1.45. The van der Waals surface area contributed by atoms with E-state index in [1.54, 1.807) is 0 Å². The van der Waals surface area contributed by atoms with Gasteiger partial charge in [-0.05, 0) is 29.8 Å². The van der Waals surface area contributed by atoms with Crippen molar-refractivity contribution >= 4 is 59.7 Å². The van der Waals surface area contributed by atoms with Gasteiger partial charge < -0.3 is 5.73 Å². The number of nitrogens with zero attached hydrogens (tertiary/aromatic N) is 3. The van der Waals surface area contributed by atoms with Crippen molar-refractivity contribution in [2.24, 2.45) is 0 Å². The number of carbonyl (C=O) groups excluding carboxylic acids is 1. The Bertz CT molecular complexity index is 1090. The molecule has 4 aromatic rings. The van der Waals surface area contributed by atoms with E-state index in [1.807, 2.05) is 42.5 Å². The van der Waals surface area contributed by atoms with Crippen LogP contribution in [0.3, 0.4) is 0 Å². The number of benzene rings is 2. The molecule has 0 radical (unpaired) electrons. The predicted octanol–water partition coefficient (Wildman–Crippen LogP) is 4.51. The van der Waals surface area contributed by atoms with Crippen molar-refractivity contribution in [3.63, 3.8) is 0 Å². The van der Waals surface area contributed by atoms with Crippen LogP contribution in [0.15, 0.2) is 46.9 Å². The van der Waals surface area contributed by atoms with Crippen molar-refractivity contribution in [3.05, 3.63) is 57.5 Å². The smallest absolute Gasteiger partial charge is 0.181 e. The molecule has 0 unspecified atom stereocenters. The summed E-state index contributed by atoms with van der Waals surface area (Å²) in [5.74, 6) is 0.111. The largest absolute Gasteiger partial charge is 0.375 e. The van der Waals surface area contributed by atoms with Crippen molar-refractivity contribution < 1.29 is 4.79 Å². The third-order valence-electron chi connectivity index (χ3n) is 3.78. The van der Waals surface area contributed by atoms with E-state index in [4.69, 9.17) is 5.73 Å². The van der Waals surface area contributed by atoms with Crippen LogP contribution >= 0.6 is 38.6 Å². The number of hydrogen-bond donors (Lipinski definition) is 1. The molecule has 2 N–H and O–H groups in total. The lowest BCUT2D eigenvalue weighted by molar-refractivity contribution is -0.117. The summed E-state index contributed by atoms with van der Waals surface area (Å²) in [6.45, 7) is 0. The molecule has 5 nitrogen and oxygen atoms in total. The van der Waals surface area contributed by atoms with E-state index < -0.39 is 0 Å². The van der Waals surface area contributed by atoms with Crippen molar-refractivity contribution in [1.82, 2.24) is 15.2 Å². The molecule has 8 heteroatoms. The number of nitrogen functional groups attached to an aromatic ring is 1. The van der Waals surface area contributed by atoms with Crippen LogP contribution in [-0.4, -0.2) is 21.0 Å². The van der Waals surface area contributed by atoms with Gasteiger partial charge in [0, 0.05) is 16.5 Å². The highest BCUT2D eigenvalue weighted by Gasteiger charge is 2.12. The van der Waals surface area contributed by atoms with Crippen LogP contribution in [0.1, 0.15) is 10.6 Å². The third kappa shape index (κ3) is 3.82. The van der Waals surface area contributed by atoms with Gasteiger partial charge in [-0.15, -0.1) is 10.2 Å². The number of carbonyl (C=O) groups is 1. The van der Waals surface area contributed by atoms with Crippen LogP contribution in [-0.2, 0) is 17.6 Å². The van der Waals surface area contributed by atoms with E-state index in [0.29, 0.717) is 11.6 Å². The first-order chi connectivity index (χ1) is 12.6. The van der Waals surface area contributed by atoms with Crippen molar-refractivity contribution in [2.75, 3.05) is 5.73 Å². The number of halogens is 1. The minimum atomic E-state index is 0.111. The number of anilines is 1. The first-order valence-electron chi connectivity index (χ1n) is 7.82. The normalized spacial score (nSPS) is 11.1. The second-order valence-electron chi connectivity index (χ2n) is 5.75. The summed E-state index contributed by atoms with van der Waals surface area (Å²) in [6, 6.07) is 13.7. The molecule has 0 spiro atoms. The minimum absolute atomic E-state index is 0.111. The average Bonchev–Trinajstić information content (AvgIpc) is 3.20. The standard InChI is InChI=1S/C18H13BrN4OS2/c19-12-4-2-11(3-5-12)17-23-22-16(26-17)9-13(24)7-10-1-6-14-15(8-10)25-18(20)21-14/h1-6,8H,7,9H2,(H2,20,21). The van der Waals surface area contributed by atoms with Gasteiger partial charge in [0.15, 0.2) is 5.13 Å². The summed E-state index contributed by atoms with van der Waals surface area (Å²) in [4.78, 5) is 16.6. The quantitative estimate of drug-likeness (QED) is 0.489. The van der Waals surface area contributed by atoms with E-state index in [-0.39, 0.29) is 12.2 Å². The predicted molar refractivity (Wildman–Crippen MR) is 109 cm³/mol. The summed E-state index contributed by atoms with van der Waals surface area (Å²) in [5, 5.41) is 10.5. The minimum Gasteiger partial charge on any atom is -0.375 e. The Hall–Kier alpha value is -2.16. The molecule has 0 bridgehead atoms. The van der Waals surface area contributed by atoms with Crippen molar-refractivity contribution in [3.8, 4) is 10.6 Å². The van der Waals surface area contributed by atoms with Crippen molar-refractivity contribution in [1.29, 1.82) is 0 Å². The molecule has 0 amide bonds. The van der Waals surface area contributed by atoms with E-state index in [2.05, 4.69) is 31.1 Å². The maximum atomic E-state index is 12.4. The molecule has 0 saturated carbocycles. The number of fused-ring (bicyclic) bond motifs is 1. The Morgan fingerprint density at radius 2 is 1.85 bits per heavy atom. The summed E-state index contributed by atoms with van der Waals surface area (Å²) in [5.41, 5.74) is 8.55. The van der Waals surface area contributed by atoms with E-state index >= 15 is 0 Å². The Kier molecular flexibility index (Phi) is 4.80. The zero-order valence-electron chi connectivity index (χ0n) is 13.5. The first-order valence-corrected chi connectivity index (χ1v) is 10.2. The molecular formula is C18H13BrN4OS2. The number of ketones is 1. The fraction of sp³-hybridized carbons (Fsp3) is 0.111. The first kappa shape index (κ1) is 17.3. The zero-order valence-corrected chi connectivity index (χ0v) is 16.7. The maximum Gasteiger partial charge on any atom is 0.181 e. The van der Waals surface area contributed by atoms with Crippen LogP contribution in [0.5, 0.6) is 0 Å². The molecule has 4 rings (SSSR count). The van der Waals surface area contributed by atoms with Gasteiger partial charge >= 0.3 is 0 Å². The highest BCUT2D eigenvalue weighted by atomic mass is 79.9. The summed E-state index contributed by atoms with van der Waals surface area (Å²) in [7, 11) is 0. The van der Waals surface area contributed by atoms with E-state index in [1.165, 1.54) is 22.7 Å². The van der Waals surface area contributed by atoms with Gasteiger partial charge in [-0.1, -0.05) is 56.8 Å². The Morgan fingerprint density at radius 1 is 1.04 bits per heavy atom. The number of aromatic nitrogens is 3. The lowest BCUT2D eigenvalue weighted by Crippen LogP contribution is -2.06. The second-order valence-corrected chi connectivity index (χ2v) is 8.79. The molecule has 0 aliphatic heterocycles. The monoisotopic (exact) mass is 444 g/mol. The molecule has 0 aliphatic rings. The third-order valence-corrected chi connectivity index (χ3v) is 6.13. The van der Waals surface area contributed by atoms with Gasteiger partial charge in [-0.3, -0.25) is 4.79 Å². The second kappa shape index (κ2) is 7.22. The SMILES string of the molecule is Nc1nc2ccc(CC(=O)Cc3nnc(-c4ccc(Br)cc4)s3)cc2s1. The van der Waals surface area contributed by atoms with E-state index in [9.17, 15) is 4.79 Å². The number of Topliss-reactive ketones (excluding diaryl/α,β-unsaturated/α-hetero) is 1. The van der Waals surface area contributed by atoms with Gasteiger partial charge in [0.25, 0.3) is 0 Å². The van der Waals surface area contributed by atoms with Gasteiger partial charge in [0.1, 0.15) is 15.8 Å². The topological polar surface area (TPSA) is 81.8 Å². The fourth-order valence-electron chi connectivity index (χ4n) is 2.59. The van der Waals surface area contributed by atoms with Crippen LogP contribution in [0.4, 0.5) is 5.13 Å². The molecule has 0 fully saturated rings. The molecule has 26 heavy (non-hydrogen) atoms. The molecular weight excluding hydrogens is 432 g/mol. The molecule has 0 aliphatic carbocycles. The molecule has 2 aromatic carbocycles. The van der Waals surface area contributed by atoms with Gasteiger partial charge in [0.2, 0.25) is 0 Å². The van der Waals surface area contributed by atoms with Gasteiger partial charge in [0.05, 0.1) is 16.6 Å². The summed E-state index contributed by atoms with van der Waals surface area (Å²) >= 11 is 6.30. The summed E-state index contributed by atoms with van der Waals surface area (Å²) < 4.78 is 2.02. The number of nitrogens with two attached hydrogens (primary N) is 1. The average molecular weight is 445 g/mol. The van der Waals surface area contributed by atoms with Gasteiger partial charge in [-0.25, -0.2) is 4.98 Å². The van der Waals surface area contributed by atoms with E-state index in [0.717, 1.165) is 35.8 Å². The molecule has 2 heterocycles. The molecule has 2 aromatic heterocycles. The highest BCUT2D eigenvalue weighted by molar-refractivity contribution is 9.10. The van der Waals surface area contributed by atoms with Crippen LogP contribution < -0.4 is 5.73 Å². The van der Waals surface area contributed by atoms with Crippen molar-refractivity contribution in [2.45, 2.75) is 12.8 Å². The lowest BCUT2D eigenvalue weighted by Gasteiger charge is -1.99. The number of thiazole rings is 1. The van der Waals surface area contributed by atoms with Crippen LogP contribution in [0.2, 0.25) is 0 Å². The Labute approximate surface area is 166 Å². The molecule has 0 atom stereocenters. The Morgan fingerprint density at radius 3 is 2.65 bits per heavy atom. The number of hydrogen-bond acceptors (Lipinski definition) is 7. The van der Waals surface area contributed by atoms with Gasteiger partial charge in [-0.2, -0.15) is 0 Å². The number of rotatable bonds is 5. The molecule has 130 valence electrons. The highest BCUT2D eigenvalue weighted by Crippen LogP contribution is 2.27.